The topological polar surface area (TPSA) is 26.0 Å². The van der Waals surface area contributed by atoms with Crippen LogP contribution in [0.5, 0.6) is 0 Å². The normalized spacial score (nSPS) is 13.5. The van der Waals surface area contributed by atoms with Gasteiger partial charge in [-0.3, -0.25) is 0 Å². The Bertz CT molecular complexity index is 624. The van der Waals surface area contributed by atoms with Gasteiger partial charge in [-0.05, 0) is 59.7 Å². The van der Waals surface area contributed by atoms with Crippen LogP contribution < -0.4 is 5.73 Å². The summed E-state index contributed by atoms with van der Waals surface area (Å²) in [6.45, 7) is 0.540. The maximum atomic E-state index is 6.30. The van der Waals surface area contributed by atoms with Gasteiger partial charge in [0.25, 0.3) is 0 Å². The highest BCUT2D eigenvalue weighted by molar-refractivity contribution is 7.98. The first-order chi connectivity index (χ1) is 9.76. The highest BCUT2D eigenvalue weighted by Gasteiger charge is 2.11. The smallest absolute Gasteiger partial charge is 0.0449 e. The van der Waals surface area contributed by atoms with Gasteiger partial charge >= 0.3 is 0 Å². The van der Waals surface area contributed by atoms with Crippen molar-refractivity contribution in [3.63, 3.8) is 0 Å². The molecular weight excluding hydrogens is 286 g/mol. The van der Waals surface area contributed by atoms with E-state index >= 15 is 0 Å². The van der Waals surface area contributed by atoms with Gasteiger partial charge in [-0.25, -0.2) is 0 Å². The molecule has 0 unspecified atom stereocenters. The van der Waals surface area contributed by atoms with Crippen LogP contribution in [0.1, 0.15) is 28.7 Å². The van der Waals surface area contributed by atoms with Crippen LogP contribution in [0.4, 0.5) is 0 Å². The molecule has 2 aromatic rings. The summed E-state index contributed by atoms with van der Waals surface area (Å²) >= 11 is 8.15. The van der Waals surface area contributed by atoms with Gasteiger partial charge in [0.15, 0.2) is 0 Å². The molecule has 0 saturated carbocycles. The van der Waals surface area contributed by atoms with Crippen LogP contribution in [0, 0.1) is 0 Å². The van der Waals surface area contributed by atoms with Crippen molar-refractivity contribution >= 4 is 23.4 Å². The minimum Gasteiger partial charge on any atom is -0.326 e. The number of hydrogen-bond donors (Lipinski definition) is 1. The number of fused-ring (bicyclic) bond motifs is 1. The first-order valence-electron chi connectivity index (χ1n) is 6.98. The average Bonchev–Trinajstić information content (AvgIpc) is 2.93. The van der Waals surface area contributed by atoms with E-state index in [1.165, 1.54) is 40.8 Å². The van der Waals surface area contributed by atoms with Gasteiger partial charge in [-0.1, -0.05) is 29.8 Å². The monoisotopic (exact) mass is 303 g/mol. The molecule has 3 rings (SSSR count). The molecule has 3 heteroatoms. The first-order valence-corrected chi connectivity index (χ1v) is 8.34. The molecule has 1 aliphatic rings. The molecule has 0 radical (unpaired) electrons. The Morgan fingerprint density at radius 3 is 2.70 bits per heavy atom. The van der Waals surface area contributed by atoms with E-state index in [1.54, 1.807) is 0 Å². The maximum absolute atomic E-state index is 6.30. The fraction of sp³-hybridized carbons (Fsp3) is 0.294. The fourth-order valence-electron chi connectivity index (χ4n) is 2.63. The summed E-state index contributed by atoms with van der Waals surface area (Å²) in [5.74, 6) is 0.905. The van der Waals surface area contributed by atoms with Crippen LogP contribution >= 0.6 is 23.4 Å². The fourth-order valence-corrected chi connectivity index (χ4v) is 3.95. The van der Waals surface area contributed by atoms with Crippen LogP contribution in [0.2, 0.25) is 5.02 Å². The minimum atomic E-state index is 0.540. The van der Waals surface area contributed by atoms with E-state index in [0.29, 0.717) is 6.54 Å². The Labute approximate surface area is 129 Å². The third-order valence-electron chi connectivity index (χ3n) is 3.82. The highest BCUT2D eigenvalue weighted by Crippen LogP contribution is 2.31. The lowest BCUT2D eigenvalue weighted by atomic mass is 10.1. The Kier molecular flexibility index (Phi) is 4.35. The zero-order valence-corrected chi connectivity index (χ0v) is 12.9. The van der Waals surface area contributed by atoms with Crippen LogP contribution in [-0.2, 0) is 25.1 Å². The number of hydrogen-bond acceptors (Lipinski definition) is 2. The highest BCUT2D eigenvalue weighted by atomic mass is 35.5. The number of thioether (sulfide) groups is 1. The number of benzene rings is 2. The summed E-state index contributed by atoms with van der Waals surface area (Å²) in [4.78, 5) is 1.34. The standard InChI is InChI=1S/C17H18ClNS/c18-17-8-12(10-19)4-5-15(17)11-20-16-7-6-13-2-1-3-14(13)9-16/h4-9H,1-3,10-11,19H2. The van der Waals surface area contributed by atoms with Crippen molar-refractivity contribution in [2.24, 2.45) is 5.73 Å². The molecule has 0 spiro atoms. The molecule has 0 heterocycles. The van der Waals surface area contributed by atoms with Crippen LogP contribution in [-0.4, -0.2) is 0 Å². The molecule has 20 heavy (non-hydrogen) atoms. The van der Waals surface area contributed by atoms with E-state index < -0.39 is 0 Å². The molecule has 0 atom stereocenters. The molecule has 0 fully saturated rings. The summed E-state index contributed by atoms with van der Waals surface area (Å²) in [6, 6.07) is 13.0. The zero-order chi connectivity index (χ0) is 13.9. The molecule has 104 valence electrons. The van der Waals surface area contributed by atoms with Gasteiger partial charge in [0.05, 0.1) is 0 Å². The maximum Gasteiger partial charge on any atom is 0.0449 e. The van der Waals surface area contributed by atoms with Gasteiger partial charge in [0, 0.05) is 22.2 Å². The number of nitrogens with two attached hydrogens (primary N) is 1. The van der Waals surface area contributed by atoms with Gasteiger partial charge in [-0.15, -0.1) is 11.8 Å². The molecule has 0 amide bonds. The van der Waals surface area contributed by atoms with E-state index in [1.807, 2.05) is 17.8 Å². The Morgan fingerprint density at radius 1 is 1.05 bits per heavy atom. The molecular formula is C17H18ClNS. The summed E-state index contributed by atoms with van der Waals surface area (Å²) in [7, 11) is 0. The lowest BCUT2D eigenvalue weighted by Gasteiger charge is -2.08. The van der Waals surface area contributed by atoms with E-state index in [2.05, 4.69) is 30.3 Å². The van der Waals surface area contributed by atoms with E-state index in [0.717, 1.165) is 16.3 Å². The van der Waals surface area contributed by atoms with Crippen LogP contribution in [0.15, 0.2) is 41.3 Å². The molecule has 1 aliphatic carbocycles. The zero-order valence-electron chi connectivity index (χ0n) is 11.4. The van der Waals surface area contributed by atoms with Gasteiger partial charge in [0.1, 0.15) is 0 Å². The van der Waals surface area contributed by atoms with Crippen molar-refractivity contribution in [1.82, 2.24) is 0 Å². The molecule has 2 aromatic carbocycles. The second-order valence-electron chi connectivity index (χ2n) is 5.20. The van der Waals surface area contributed by atoms with Gasteiger partial charge < -0.3 is 5.73 Å². The second kappa shape index (κ2) is 6.21. The number of rotatable bonds is 4. The van der Waals surface area contributed by atoms with E-state index in [4.69, 9.17) is 17.3 Å². The third-order valence-corrected chi connectivity index (χ3v) is 5.21. The molecule has 0 aliphatic heterocycles. The third kappa shape index (κ3) is 3.03. The first kappa shape index (κ1) is 14.0. The van der Waals surface area contributed by atoms with Crippen LogP contribution in [0.3, 0.4) is 0 Å². The summed E-state index contributed by atoms with van der Waals surface area (Å²) < 4.78 is 0. The summed E-state index contributed by atoms with van der Waals surface area (Å²) in [6.07, 6.45) is 3.78. The molecule has 0 saturated heterocycles. The number of halogens is 1. The second-order valence-corrected chi connectivity index (χ2v) is 6.66. The average molecular weight is 304 g/mol. The van der Waals surface area contributed by atoms with E-state index in [-0.39, 0.29) is 0 Å². The van der Waals surface area contributed by atoms with Crippen molar-refractivity contribution in [3.8, 4) is 0 Å². The quantitative estimate of drug-likeness (QED) is 0.837. The Balaban J connectivity index is 1.70. The summed E-state index contributed by atoms with van der Waals surface area (Å²) in [5.41, 5.74) is 10.9. The van der Waals surface area contributed by atoms with E-state index in [9.17, 15) is 0 Å². The lowest BCUT2D eigenvalue weighted by Crippen LogP contribution is -1.96. The van der Waals surface area contributed by atoms with Crippen molar-refractivity contribution in [2.45, 2.75) is 36.5 Å². The van der Waals surface area contributed by atoms with Crippen molar-refractivity contribution < 1.29 is 0 Å². The predicted octanol–water partition coefficient (Wildman–Crippen LogP) is 4.58. The van der Waals surface area contributed by atoms with Crippen LogP contribution in [0.25, 0.3) is 0 Å². The summed E-state index contributed by atoms with van der Waals surface area (Å²) in [5, 5.41) is 0.821. The molecule has 1 nitrogen and oxygen atoms in total. The van der Waals surface area contributed by atoms with Crippen molar-refractivity contribution in [2.75, 3.05) is 0 Å². The Hall–Kier alpha value is -0.960. The predicted molar refractivity (Wildman–Crippen MR) is 87.4 cm³/mol. The lowest BCUT2D eigenvalue weighted by molar-refractivity contribution is 0.911. The largest absolute Gasteiger partial charge is 0.326 e. The molecule has 0 bridgehead atoms. The van der Waals surface area contributed by atoms with Crippen molar-refractivity contribution in [3.05, 3.63) is 63.7 Å². The minimum absolute atomic E-state index is 0.540. The van der Waals surface area contributed by atoms with Crippen molar-refractivity contribution in [1.29, 1.82) is 0 Å². The Morgan fingerprint density at radius 2 is 1.90 bits per heavy atom. The van der Waals surface area contributed by atoms with Gasteiger partial charge in [0.2, 0.25) is 0 Å². The van der Waals surface area contributed by atoms with Gasteiger partial charge in [-0.2, -0.15) is 0 Å². The molecule has 0 aromatic heterocycles. The molecule has 2 N–H and O–H groups in total. The SMILES string of the molecule is NCc1ccc(CSc2ccc3c(c2)CCC3)c(Cl)c1. The number of aryl methyl sites for hydroxylation is 2.